The number of carbonyl (C=O) groups is 2. The van der Waals surface area contributed by atoms with E-state index in [0.29, 0.717) is 32.5 Å². The van der Waals surface area contributed by atoms with Gasteiger partial charge in [-0.1, -0.05) is 15.9 Å². The molecular weight excluding hydrogens is 360 g/mol. The quantitative estimate of drug-likeness (QED) is 0.703. The Morgan fingerprint density at radius 2 is 2.13 bits per heavy atom. The van der Waals surface area contributed by atoms with Gasteiger partial charge >= 0.3 is 0 Å². The average molecular weight is 383 g/mol. The zero-order valence-electron chi connectivity index (χ0n) is 13.4. The molecule has 1 aliphatic rings. The molecule has 6 heteroatoms. The molecule has 126 valence electrons. The maximum atomic E-state index is 12.2. The van der Waals surface area contributed by atoms with Crippen LogP contribution in [0.4, 0.5) is 5.69 Å². The van der Waals surface area contributed by atoms with Crippen LogP contribution in [0.3, 0.4) is 0 Å². The fourth-order valence-electron chi connectivity index (χ4n) is 2.63. The van der Waals surface area contributed by atoms with Gasteiger partial charge in [-0.05, 0) is 37.6 Å². The van der Waals surface area contributed by atoms with Gasteiger partial charge in [-0.2, -0.15) is 0 Å². The Morgan fingerprint density at radius 3 is 2.78 bits per heavy atom. The monoisotopic (exact) mass is 382 g/mol. The number of benzene rings is 1. The van der Waals surface area contributed by atoms with Gasteiger partial charge in [0.15, 0.2) is 0 Å². The molecule has 0 spiro atoms. The van der Waals surface area contributed by atoms with Crippen LogP contribution in [0.15, 0.2) is 24.3 Å². The third kappa shape index (κ3) is 5.23. The summed E-state index contributed by atoms with van der Waals surface area (Å²) in [5.74, 6) is 1.13. The van der Waals surface area contributed by atoms with Crippen molar-refractivity contribution in [3.8, 4) is 5.75 Å². The molecule has 0 radical (unpaired) electrons. The topological polar surface area (TPSA) is 58.6 Å². The molecule has 1 aliphatic heterocycles. The number of ether oxygens (including phenoxy) is 1. The van der Waals surface area contributed by atoms with Crippen LogP contribution in [-0.2, 0) is 9.59 Å². The Labute approximate surface area is 145 Å². The van der Waals surface area contributed by atoms with E-state index in [4.69, 9.17) is 4.74 Å². The van der Waals surface area contributed by atoms with E-state index in [2.05, 4.69) is 21.2 Å². The smallest absolute Gasteiger partial charge is 0.227 e. The molecule has 1 unspecified atom stereocenters. The van der Waals surface area contributed by atoms with E-state index < -0.39 is 0 Å². The van der Waals surface area contributed by atoms with Crippen molar-refractivity contribution in [1.29, 1.82) is 0 Å². The first-order valence-corrected chi connectivity index (χ1v) is 9.12. The highest BCUT2D eigenvalue weighted by Crippen LogP contribution is 2.26. The lowest BCUT2D eigenvalue weighted by Crippen LogP contribution is -2.31. The van der Waals surface area contributed by atoms with Crippen LogP contribution in [-0.4, -0.2) is 36.8 Å². The second-order valence-electron chi connectivity index (χ2n) is 5.60. The van der Waals surface area contributed by atoms with E-state index in [1.165, 1.54) is 0 Å². The van der Waals surface area contributed by atoms with Gasteiger partial charge < -0.3 is 15.0 Å². The van der Waals surface area contributed by atoms with Crippen molar-refractivity contribution in [3.63, 3.8) is 0 Å². The summed E-state index contributed by atoms with van der Waals surface area (Å²) in [6, 6.07) is 7.56. The number of hydrogen-bond acceptors (Lipinski definition) is 3. The first-order valence-electron chi connectivity index (χ1n) is 8.00. The molecule has 5 nitrogen and oxygen atoms in total. The van der Waals surface area contributed by atoms with Crippen LogP contribution in [0.25, 0.3) is 0 Å². The Balaban J connectivity index is 1.85. The number of hydrogen-bond donors (Lipinski definition) is 1. The third-order valence-corrected chi connectivity index (χ3v) is 4.35. The van der Waals surface area contributed by atoms with Crippen molar-refractivity contribution in [2.75, 3.05) is 29.9 Å². The van der Waals surface area contributed by atoms with Gasteiger partial charge in [0.1, 0.15) is 5.75 Å². The largest absolute Gasteiger partial charge is 0.494 e. The van der Waals surface area contributed by atoms with Gasteiger partial charge in [-0.3, -0.25) is 9.59 Å². The standard InChI is InChI=1S/C17H23BrN2O3/c1-2-23-15-7-5-14(6-8-15)20-12-13(10-17(20)22)11-19-16(21)4-3-9-18/h5-8,13H,2-4,9-12H2,1H3,(H,19,21). The van der Waals surface area contributed by atoms with Gasteiger partial charge in [0, 0.05) is 42.9 Å². The molecule has 0 aromatic heterocycles. The van der Waals surface area contributed by atoms with Crippen molar-refractivity contribution in [1.82, 2.24) is 5.32 Å². The number of nitrogens with zero attached hydrogens (tertiary/aromatic N) is 1. The zero-order valence-corrected chi connectivity index (χ0v) is 15.0. The zero-order chi connectivity index (χ0) is 16.7. The summed E-state index contributed by atoms with van der Waals surface area (Å²) in [4.78, 5) is 25.6. The minimum Gasteiger partial charge on any atom is -0.494 e. The van der Waals surface area contributed by atoms with E-state index in [-0.39, 0.29) is 17.7 Å². The number of rotatable bonds is 8. The normalized spacial score (nSPS) is 17.4. The molecule has 1 saturated heterocycles. The van der Waals surface area contributed by atoms with E-state index in [9.17, 15) is 9.59 Å². The number of amides is 2. The Bertz CT molecular complexity index is 533. The van der Waals surface area contributed by atoms with E-state index >= 15 is 0 Å². The van der Waals surface area contributed by atoms with Crippen molar-refractivity contribution >= 4 is 33.4 Å². The van der Waals surface area contributed by atoms with Crippen LogP contribution < -0.4 is 15.0 Å². The Kier molecular flexibility index (Phi) is 6.89. The Hall–Kier alpha value is -1.56. The minimum absolute atomic E-state index is 0.0522. The van der Waals surface area contributed by atoms with Gasteiger partial charge in [0.25, 0.3) is 0 Å². The lowest BCUT2D eigenvalue weighted by Gasteiger charge is -2.17. The molecule has 0 bridgehead atoms. The summed E-state index contributed by atoms with van der Waals surface area (Å²) in [5.41, 5.74) is 0.881. The molecule has 1 fully saturated rings. The number of carbonyl (C=O) groups excluding carboxylic acids is 2. The van der Waals surface area contributed by atoms with Gasteiger partial charge in [-0.25, -0.2) is 0 Å². The van der Waals surface area contributed by atoms with E-state index in [0.717, 1.165) is 23.2 Å². The second kappa shape index (κ2) is 8.91. The summed E-state index contributed by atoms with van der Waals surface area (Å²) < 4.78 is 5.41. The molecule has 1 N–H and O–H groups in total. The molecular formula is C17H23BrN2O3. The van der Waals surface area contributed by atoms with Gasteiger partial charge in [0.2, 0.25) is 11.8 Å². The number of alkyl halides is 1. The van der Waals surface area contributed by atoms with Crippen LogP contribution in [0.2, 0.25) is 0 Å². The predicted molar refractivity (Wildman–Crippen MR) is 94.1 cm³/mol. The highest BCUT2D eigenvalue weighted by atomic mass is 79.9. The minimum atomic E-state index is 0.0522. The van der Waals surface area contributed by atoms with Crippen LogP contribution >= 0.6 is 15.9 Å². The predicted octanol–water partition coefficient (Wildman–Crippen LogP) is 2.73. The molecule has 2 rings (SSSR count). The van der Waals surface area contributed by atoms with Crippen molar-refractivity contribution < 1.29 is 14.3 Å². The molecule has 2 amide bonds. The maximum Gasteiger partial charge on any atom is 0.227 e. The van der Waals surface area contributed by atoms with E-state index in [1.54, 1.807) is 4.90 Å². The lowest BCUT2D eigenvalue weighted by atomic mass is 10.1. The lowest BCUT2D eigenvalue weighted by molar-refractivity contribution is -0.121. The van der Waals surface area contributed by atoms with Gasteiger partial charge in [-0.15, -0.1) is 0 Å². The molecule has 0 aliphatic carbocycles. The number of anilines is 1. The fraction of sp³-hybridized carbons (Fsp3) is 0.529. The van der Waals surface area contributed by atoms with Gasteiger partial charge in [0.05, 0.1) is 6.61 Å². The van der Waals surface area contributed by atoms with E-state index in [1.807, 2.05) is 31.2 Å². The number of halogens is 1. The van der Waals surface area contributed by atoms with Crippen molar-refractivity contribution in [3.05, 3.63) is 24.3 Å². The first kappa shape index (κ1) is 17.8. The summed E-state index contributed by atoms with van der Waals surface area (Å²) in [7, 11) is 0. The highest BCUT2D eigenvalue weighted by molar-refractivity contribution is 9.09. The molecule has 1 aromatic rings. The van der Waals surface area contributed by atoms with Crippen molar-refractivity contribution in [2.45, 2.75) is 26.2 Å². The molecule has 1 atom stereocenters. The second-order valence-corrected chi connectivity index (χ2v) is 6.39. The first-order chi connectivity index (χ1) is 11.1. The molecule has 0 saturated carbocycles. The molecule has 1 aromatic carbocycles. The summed E-state index contributed by atoms with van der Waals surface area (Å²) >= 11 is 3.31. The van der Waals surface area contributed by atoms with Crippen LogP contribution in [0.1, 0.15) is 26.2 Å². The maximum absolute atomic E-state index is 12.2. The Morgan fingerprint density at radius 1 is 1.39 bits per heavy atom. The summed E-state index contributed by atoms with van der Waals surface area (Å²) in [5, 5.41) is 3.75. The summed E-state index contributed by atoms with van der Waals surface area (Å²) in [6.45, 7) is 3.76. The van der Waals surface area contributed by atoms with Crippen LogP contribution in [0.5, 0.6) is 5.75 Å². The number of nitrogens with one attached hydrogen (secondary N) is 1. The highest BCUT2D eigenvalue weighted by Gasteiger charge is 2.30. The third-order valence-electron chi connectivity index (χ3n) is 3.79. The SMILES string of the molecule is CCOc1ccc(N2CC(CNC(=O)CCCBr)CC2=O)cc1. The van der Waals surface area contributed by atoms with Crippen molar-refractivity contribution in [2.24, 2.45) is 5.92 Å². The molecule has 23 heavy (non-hydrogen) atoms. The fourth-order valence-corrected chi connectivity index (χ4v) is 2.91. The summed E-state index contributed by atoms with van der Waals surface area (Å²) in [6.07, 6.45) is 1.83. The molecule has 1 heterocycles. The average Bonchev–Trinajstić information content (AvgIpc) is 2.93. The van der Waals surface area contributed by atoms with Crippen LogP contribution in [0, 0.1) is 5.92 Å².